The smallest absolute Gasteiger partial charge is 0.145 e. The van der Waals surface area contributed by atoms with Crippen molar-refractivity contribution in [1.82, 2.24) is 0 Å². The summed E-state index contributed by atoms with van der Waals surface area (Å²) in [4.78, 5) is 12.6. The van der Waals surface area contributed by atoms with Crippen molar-refractivity contribution in [1.29, 1.82) is 0 Å². The molecule has 0 aromatic carbocycles. The lowest BCUT2D eigenvalue weighted by molar-refractivity contribution is -0.158. The normalized spacial score (nSPS) is 53.0. The molecule has 4 unspecified atom stereocenters. The van der Waals surface area contributed by atoms with Gasteiger partial charge in [0, 0.05) is 10.8 Å². The van der Waals surface area contributed by atoms with Crippen LogP contribution < -0.4 is 0 Å². The minimum Gasteiger partial charge on any atom is -0.298 e. The summed E-state index contributed by atoms with van der Waals surface area (Å²) in [6.45, 7) is 6.66. The minimum atomic E-state index is -0.0272. The van der Waals surface area contributed by atoms with E-state index >= 15 is 0 Å². The van der Waals surface area contributed by atoms with Crippen LogP contribution in [0.3, 0.4) is 0 Å². The maximum absolute atomic E-state index is 12.6. The zero-order chi connectivity index (χ0) is 10.8. The van der Waals surface area contributed by atoms with E-state index in [-0.39, 0.29) is 10.8 Å². The largest absolute Gasteiger partial charge is 0.298 e. The first-order valence-corrected chi connectivity index (χ1v) is 6.20. The molecule has 0 radical (unpaired) electrons. The second-order valence-corrected chi connectivity index (χ2v) is 6.34. The van der Waals surface area contributed by atoms with Crippen molar-refractivity contribution in [2.45, 2.75) is 46.5 Å². The third-order valence-electron chi connectivity index (χ3n) is 5.64. The Hall–Kier alpha value is -0.590. The molecule has 5 rings (SSSR count). The van der Waals surface area contributed by atoms with Gasteiger partial charge in [0.05, 0.1) is 0 Å². The van der Waals surface area contributed by atoms with Crippen LogP contribution in [0.4, 0.5) is 0 Å². The molecule has 82 valence electrons. The van der Waals surface area contributed by atoms with E-state index in [2.05, 4.69) is 26.8 Å². The lowest BCUT2D eigenvalue weighted by Gasteiger charge is -2.56. The molecular weight excluding hydrogens is 184 g/mol. The molecule has 15 heavy (non-hydrogen) atoms. The van der Waals surface area contributed by atoms with E-state index in [0.717, 1.165) is 12.8 Å². The Balaban J connectivity index is 2.20. The third kappa shape index (κ3) is 0.926. The fraction of sp³-hybridized carbons (Fsp3) is 0.786. The Kier molecular flexibility index (Phi) is 1.64. The highest BCUT2D eigenvalue weighted by Crippen LogP contribution is 2.63. The summed E-state index contributed by atoms with van der Waals surface area (Å²) in [5.41, 5.74) is 1.43. The molecule has 0 aromatic heterocycles. The van der Waals surface area contributed by atoms with Crippen LogP contribution in [0.15, 0.2) is 11.6 Å². The van der Waals surface area contributed by atoms with Crippen molar-refractivity contribution >= 4 is 5.78 Å². The van der Waals surface area contributed by atoms with Crippen LogP contribution in [0.5, 0.6) is 0 Å². The molecule has 0 N–H and O–H groups in total. The maximum Gasteiger partial charge on any atom is 0.145 e. The monoisotopic (exact) mass is 204 g/mol. The summed E-state index contributed by atoms with van der Waals surface area (Å²) in [6.07, 6.45) is 7.01. The number of allylic oxidation sites excluding steroid dienone is 2. The Morgan fingerprint density at radius 3 is 2.80 bits per heavy atom. The van der Waals surface area contributed by atoms with E-state index in [9.17, 15) is 4.79 Å². The molecule has 1 heteroatoms. The van der Waals surface area contributed by atoms with Gasteiger partial charge in [-0.3, -0.25) is 4.79 Å². The van der Waals surface area contributed by atoms with Crippen LogP contribution in [-0.4, -0.2) is 5.78 Å². The molecule has 0 heterocycles. The molecule has 0 aromatic rings. The number of ketones is 1. The first-order valence-electron chi connectivity index (χ1n) is 6.20. The van der Waals surface area contributed by atoms with Gasteiger partial charge in [0.2, 0.25) is 0 Å². The molecule has 0 amide bonds. The van der Waals surface area contributed by atoms with Crippen molar-refractivity contribution in [3.8, 4) is 0 Å². The predicted molar refractivity (Wildman–Crippen MR) is 60.4 cm³/mol. The lowest BCUT2D eigenvalue weighted by Crippen LogP contribution is -2.57. The summed E-state index contributed by atoms with van der Waals surface area (Å²) < 4.78 is 0. The fourth-order valence-corrected chi connectivity index (χ4v) is 4.46. The first-order chi connectivity index (χ1) is 6.98. The highest BCUT2D eigenvalue weighted by Gasteiger charge is 2.61. The molecule has 4 bridgehead atoms. The summed E-state index contributed by atoms with van der Waals surface area (Å²) >= 11 is 0. The van der Waals surface area contributed by atoms with Crippen molar-refractivity contribution in [2.24, 2.45) is 22.7 Å². The molecule has 5 aliphatic carbocycles. The van der Waals surface area contributed by atoms with Gasteiger partial charge in [0.1, 0.15) is 5.78 Å². The van der Waals surface area contributed by atoms with E-state index in [1.54, 1.807) is 0 Å². The number of carbonyl (C=O) groups excluding carboxylic acids is 1. The van der Waals surface area contributed by atoms with Crippen molar-refractivity contribution in [3.05, 3.63) is 11.6 Å². The van der Waals surface area contributed by atoms with Gasteiger partial charge in [-0.25, -0.2) is 0 Å². The summed E-state index contributed by atoms with van der Waals surface area (Å²) in [5, 5.41) is 0. The summed E-state index contributed by atoms with van der Waals surface area (Å²) in [5.74, 6) is 1.78. The van der Waals surface area contributed by atoms with Crippen LogP contribution in [0, 0.1) is 22.7 Å². The fourth-order valence-electron chi connectivity index (χ4n) is 4.46. The number of rotatable bonds is 0. The van der Waals surface area contributed by atoms with Gasteiger partial charge >= 0.3 is 0 Å². The van der Waals surface area contributed by atoms with Gasteiger partial charge in [-0.2, -0.15) is 0 Å². The van der Waals surface area contributed by atoms with Crippen molar-refractivity contribution in [3.63, 3.8) is 0 Å². The zero-order valence-electron chi connectivity index (χ0n) is 9.97. The van der Waals surface area contributed by atoms with Gasteiger partial charge in [-0.1, -0.05) is 25.5 Å². The quantitative estimate of drug-likeness (QED) is 0.553. The number of hydrogen-bond acceptors (Lipinski definition) is 1. The Morgan fingerprint density at radius 2 is 2.07 bits per heavy atom. The van der Waals surface area contributed by atoms with Crippen molar-refractivity contribution in [2.75, 3.05) is 0 Å². The predicted octanol–water partition coefficient (Wildman–Crippen LogP) is 3.35. The standard InChI is InChI=1S/C14H20O/c1-9-4-6-13(2)10-5-7-14(3,12(13)15)11(9)8-10/h4,10-11H,5-8H2,1-3H3. The zero-order valence-corrected chi connectivity index (χ0v) is 9.97. The maximum atomic E-state index is 12.6. The highest BCUT2D eigenvalue weighted by molar-refractivity contribution is 5.93. The average molecular weight is 204 g/mol. The van der Waals surface area contributed by atoms with Gasteiger partial charge in [0.15, 0.2) is 0 Å². The SMILES string of the molecule is CC1=CCC2(C)C(=O)C3(C)CCC2CC13. The molecular formula is C14H20O. The van der Waals surface area contributed by atoms with E-state index in [1.165, 1.54) is 18.4 Å². The highest BCUT2D eigenvalue weighted by atomic mass is 16.1. The summed E-state index contributed by atoms with van der Waals surface area (Å²) in [7, 11) is 0. The molecule has 1 nitrogen and oxygen atoms in total. The third-order valence-corrected chi connectivity index (χ3v) is 5.64. The number of Topliss-reactive ketones (excluding diaryl/α,β-unsaturated/α-hetero) is 1. The number of fused-ring (bicyclic) bond motifs is 2. The van der Waals surface area contributed by atoms with E-state index in [1.807, 2.05) is 0 Å². The Bertz CT molecular complexity index is 368. The Labute approximate surface area is 91.9 Å². The second-order valence-electron chi connectivity index (χ2n) is 6.34. The van der Waals surface area contributed by atoms with E-state index < -0.39 is 0 Å². The topological polar surface area (TPSA) is 17.1 Å². The van der Waals surface area contributed by atoms with E-state index in [0.29, 0.717) is 17.6 Å². The second kappa shape index (κ2) is 2.56. The van der Waals surface area contributed by atoms with Gasteiger partial charge in [0.25, 0.3) is 0 Å². The van der Waals surface area contributed by atoms with Crippen LogP contribution in [0.1, 0.15) is 46.5 Å². The Morgan fingerprint density at radius 1 is 1.33 bits per heavy atom. The number of hydrogen-bond donors (Lipinski definition) is 0. The molecule has 3 saturated carbocycles. The molecule has 3 fully saturated rings. The van der Waals surface area contributed by atoms with Gasteiger partial charge in [-0.15, -0.1) is 0 Å². The van der Waals surface area contributed by atoms with Crippen LogP contribution in [0.2, 0.25) is 0 Å². The molecule has 0 spiro atoms. The van der Waals surface area contributed by atoms with Gasteiger partial charge in [-0.05, 0) is 44.4 Å². The molecule has 5 aliphatic rings. The van der Waals surface area contributed by atoms with Crippen molar-refractivity contribution < 1.29 is 4.79 Å². The minimum absolute atomic E-state index is 0.0265. The van der Waals surface area contributed by atoms with Crippen LogP contribution >= 0.6 is 0 Å². The van der Waals surface area contributed by atoms with Gasteiger partial charge < -0.3 is 0 Å². The summed E-state index contributed by atoms with van der Waals surface area (Å²) in [6, 6.07) is 0. The van der Waals surface area contributed by atoms with Crippen LogP contribution in [-0.2, 0) is 4.79 Å². The first kappa shape index (κ1) is 9.62. The lowest BCUT2D eigenvalue weighted by atomic mass is 9.46. The van der Waals surface area contributed by atoms with E-state index in [4.69, 9.17) is 0 Å². The molecule has 0 aliphatic heterocycles. The van der Waals surface area contributed by atoms with Crippen LogP contribution in [0.25, 0.3) is 0 Å². The molecule has 4 atom stereocenters. The average Bonchev–Trinajstić information content (AvgIpc) is 2.36. The molecule has 0 saturated heterocycles. The number of carbonyl (C=O) groups is 1.